The number of hydrogen-bond acceptors (Lipinski definition) is 6. The van der Waals surface area contributed by atoms with E-state index in [-0.39, 0.29) is 17.6 Å². The van der Waals surface area contributed by atoms with Gasteiger partial charge in [0.15, 0.2) is 17.8 Å². The number of anilines is 3. The molecule has 0 aliphatic carbocycles. The van der Waals surface area contributed by atoms with E-state index in [0.717, 1.165) is 10.6 Å². The number of halogens is 2. The molecule has 1 aliphatic rings. The maximum atomic E-state index is 12.6. The summed E-state index contributed by atoms with van der Waals surface area (Å²) in [7, 11) is 0. The molecule has 1 atom stereocenters. The van der Waals surface area contributed by atoms with Crippen LogP contribution in [0.15, 0.2) is 65.1 Å². The minimum absolute atomic E-state index is 0.0582. The molecule has 170 valence electrons. The van der Waals surface area contributed by atoms with Gasteiger partial charge in [0.1, 0.15) is 0 Å². The third kappa shape index (κ3) is 4.76. The number of hydrogen-bond donors (Lipinski definition) is 1. The van der Waals surface area contributed by atoms with Crippen LogP contribution >= 0.6 is 34.5 Å². The number of carbonyl (C=O) groups excluding carboxylic acids is 2. The van der Waals surface area contributed by atoms with Gasteiger partial charge in [-0.3, -0.25) is 14.5 Å². The van der Waals surface area contributed by atoms with Crippen LogP contribution in [0.4, 0.5) is 17.1 Å². The smallest absolute Gasteiger partial charge is 0.226 e. The van der Waals surface area contributed by atoms with Gasteiger partial charge in [-0.15, -0.1) is 16.4 Å². The van der Waals surface area contributed by atoms with Crippen molar-refractivity contribution in [3.8, 4) is 0 Å². The molecule has 2 aromatic carbocycles. The fraction of sp³-hybridized carbons (Fsp3) is 0.208. The van der Waals surface area contributed by atoms with Gasteiger partial charge in [0.2, 0.25) is 5.91 Å². The maximum absolute atomic E-state index is 12.6. The summed E-state index contributed by atoms with van der Waals surface area (Å²) in [6.45, 7) is 5.17. The zero-order chi connectivity index (χ0) is 23.7. The Hall–Kier alpha value is -2.87. The number of amides is 1. The summed E-state index contributed by atoms with van der Waals surface area (Å²) in [5.41, 5.74) is 2.17. The predicted octanol–water partition coefficient (Wildman–Crippen LogP) is 6.58. The van der Waals surface area contributed by atoms with Gasteiger partial charge in [0.05, 0.1) is 15.7 Å². The number of nitrogens with zero attached hydrogens (tertiary/aromatic N) is 3. The zero-order valence-electron chi connectivity index (χ0n) is 18.3. The molecule has 4 rings (SSSR count). The van der Waals surface area contributed by atoms with Crippen molar-refractivity contribution in [1.82, 2.24) is 0 Å². The summed E-state index contributed by atoms with van der Waals surface area (Å²) in [5, 5.41) is 12.2. The van der Waals surface area contributed by atoms with Gasteiger partial charge in [0, 0.05) is 29.1 Å². The highest BCUT2D eigenvalue weighted by Crippen LogP contribution is 2.42. The minimum atomic E-state index is -0.391. The van der Waals surface area contributed by atoms with Crippen LogP contribution in [-0.4, -0.2) is 17.5 Å². The molecule has 0 fully saturated rings. The lowest BCUT2D eigenvalue weighted by molar-refractivity contribution is -0.119. The van der Waals surface area contributed by atoms with Crippen molar-refractivity contribution in [1.29, 1.82) is 0 Å². The molecule has 0 bridgehead atoms. The molecule has 33 heavy (non-hydrogen) atoms. The van der Waals surface area contributed by atoms with Crippen molar-refractivity contribution in [2.75, 3.05) is 15.2 Å². The van der Waals surface area contributed by atoms with Crippen molar-refractivity contribution in [2.24, 2.45) is 11.0 Å². The Labute approximate surface area is 206 Å². The number of amidine groups is 1. The van der Waals surface area contributed by atoms with Crippen molar-refractivity contribution < 1.29 is 9.59 Å². The Kier molecular flexibility index (Phi) is 6.74. The third-order valence-corrected chi connectivity index (χ3v) is 6.78. The van der Waals surface area contributed by atoms with Gasteiger partial charge < -0.3 is 5.32 Å². The first-order chi connectivity index (χ1) is 15.8. The Morgan fingerprint density at radius 2 is 1.73 bits per heavy atom. The second-order valence-electron chi connectivity index (χ2n) is 7.87. The molecule has 1 aromatic heterocycles. The van der Waals surface area contributed by atoms with Crippen molar-refractivity contribution in [3.63, 3.8) is 0 Å². The van der Waals surface area contributed by atoms with Crippen LogP contribution in [0.1, 0.15) is 31.8 Å². The van der Waals surface area contributed by atoms with E-state index < -0.39 is 6.17 Å². The summed E-state index contributed by atoms with van der Waals surface area (Å²) >= 11 is 14.0. The second kappa shape index (κ2) is 9.55. The van der Waals surface area contributed by atoms with Crippen LogP contribution in [0.2, 0.25) is 10.0 Å². The Balaban J connectivity index is 1.76. The molecule has 2 heterocycles. The van der Waals surface area contributed by atoms with Crippen LogP contribution < -0.4 is 15.2 Å². The fourth-order valence-corrected chi connectivity index (χ4v) is 4.53. The molecule has 0 saturated carbocycles. The number of nitrogens with one attached hydrogen (secondary N) is 1. The molecular formula is C24H22Cl2N4O2S. The normalized spacial score (nSPS) is 15.7. The van der Waals surface area contributed by atoms with Gasteiger partial charge in [-0.25, -0.2) is 5.01 Å². The summed E-state index contributed by atoms with van der Waals surface area (Å²) in [6.07, 6.45) is -0.391. The minimum Gasteiger partial charge on any atom is -0.326 e. The SMILES string of the molecule is CC(=O)C1=NN(c2ccc(Cl)c(Cl)c2)[C@H](c2cccs2)N1c1ccc(NC(=O)C(C)C)cc1. The zero-order valence-corrected chi connectivity index (χ0v) is 20.6. The fourth-order valence-electron chi connectivity index (χ4n) is 3.44. The largest absolute Gasteiger partial charge is 0.326 e. The third-order valence-electron chi connectivity index (χ3n) is 5.12. The average molecular weight is 501 g/mol. The van der Waals surface area contributed by atoms with Crippen LogP contribution in [0.5, 0.6) is 0 Å². The van der Waals surface area contributed by atoms with Gasteiger partial charge in [-0.2, -0.15) is 0 Å². The predicted molar refractivity (Wildman–Crippen MR) is 137 cm³/mol. The topological polar surface area (TPSA) is 65.0 Å². The Morgan fingerprint density at radius 1 is 1.03 bits per heavy atom. The standard InChI is InChI=1S/C24H22Cl2N4O2S/c1-14(2)23(32)27-16-6-8-17(9-7-16)29-22(15(3)31)28-30(24(29)21-5-4-12-33-21)18-10-11-19(25)20(26)13-18/h4-14,24H,1-3H3,(H,27,32)/t24-/m1/s1. The first-order valence-corrected chi connectivity index (χ1v) is 12.0. The molecule has 1 N–H and O–H groups in total. The Morgan fingerprint density at radius 3 is 2.30 bits per heavy atom. The van der Waals surface area contributed by atoms with Crippen molar-refractivity contribution >= 4 is 69.1 Å². The first kappa shape index (κ1) is 23.3. The molecule has 0 radical (unpaired) electrons. The van der Waals surface area contributed by atoms with E-state index in [1.807, 2.05) is 66.6 Å². The molecule has 6 nitrogen and oxygen atoms in total. The molecular weight excluding hydrogens is 479 g/mol. The monoisotopic (exact) mass is 500 g/mol. The summed E-state index contributed by atoms with van der Waals surface area (Å²) < 4.78 is 0. The van der Waals surface area contributed by atoms with E-state index >= 15 is 0 Å². The first-order valence-electron chi connectivity index (χ1n) is 10.3. The van der Waals surface area contributed by atoms with Crippen LogP contribution in [0.3, 0.4) is 0 Å². The molecule has 1 aliphatic heterocycles. The number of hydrazone groups is 1. The van der Waals surface area contributed by atoms with Crippen LogP contribution in [0, 0.1) is 5.92 Å². The number of rotatable bonds is 6. The summed E-state index contributed by atoms with van der Waals surface area (Å²) in [4.78, 5) is 27.6. The van der Waals surface area contributed by atoms with Crippen molar-refractivity contribution in [2.45, 2.75) is 26.9 Å². The van der Waals surface area contributed by atoms with Gasteiger partial charge in [-0.05, 0) is 53.9 Å². The second-order valence-corrected chi connectivity index (χ2v) is 9.67. The molecule has 9 heteroatoms. The van der Waals surface area contributed by atoms with E-state index in [4.69, 9.17) is 23.2 Å². The molecule has 0 saturated heterocycles. The summed E-state index contributed by atoms with van der Waals surface area (Å²) in [5.74, 6) is -0.0467. The number of benzene rings is 2. The molecule has 3 aromatic rings. The number of carbonyl (C=O) groups is 2. The quantitative estimate of drug-likeness (QED) is 0.415. The lowest BCUT2D eigenvalue weighted by Gasteiger charge is -2.31. The van der Waals surface area contributed by atoms with Gasteiger partial charge in [0.25, 0.3) is 0 Å². The maximum Gasteiger partial charge on any atom is 0.226 e. The lowest BCUT2D eigenvalue weighted by Crippen LogP contribution is -2.37. The van der Waals surface area contributed by atoms with Crippen LogP contribution in [-0.2, 0) is 9.59 Å². The highest BCUT2D eigenvalue weighted by Gasteiger charge is 2.39. The number of Topliss-reactive ketones (excluding diaryl/α,β-unsaturated/α-hetero) is 1. The Bertz CT molecular complexity index is 1210. The van der Waals surface area contributed by atoms with E-state index in [9.17, 15) is 9.59 Å². The molecule has 0 unspecified atom stereocenters. The number of thiophene rings is 1. The molecule has 1 amide bonds. The van der Waals surface area contributed by atoms with E-state index in [0.29, 0.717) is 27.3 Å². The van der Waals surface area contributed by atoms with Crippen molar-refractivity contribution in [3.05, 3.63) is 74.9 Å². The average Bonchev–Trinajstić information content (AvgIpc) is 3.44. The summed E-state index contributed by atoms with van der Waals surface area (Å²) in [6, 6.07) is 16.6. The van der Waals surface area contributed by atoms with E-state index in [1.54, 1.807) is 28.5 Å². The lowest BCUT2D eigenvalue weighted by atomic mass is 10.1. The molecule has 0 spiro atoms. The van der Waals surface area contributed by atoms with Crippen LogP contribution in [0.25, 0.3) is 0 Å². The highest BCUT2D eigenvalue weighted by molar-refractivity contribution is 7.10. The number of ketones is 1. The highest BCUT2D eigenvalue weighted by atomic mass is 35.5. The van der Waals surface area contributed by atoms with Gasteiger partial charge in [-0.1, -0.05) is 43.1 Å². The van der Waals surface area contributed by atoms with E-state index in [1.165, 1.54) is 6.92 Å². The van der Waals surface area contributed by atoms with Gasteiger partial charge >= 0.3 is 0 Å². The van der Waals surface area contributed by atoms with E-state index in [2.05, 4.69) is 10.4 Å².